The minimum atomic E-state index is -0.243. The molecule has 1 aromatic carbocycles. The normalized spacial score (nSPS) is 15.7. The van der Waals surface area contributed by atoms with Gasteiger partial charge in [0.25, 0.3) is 0 Å². The van der Waals surface area contributed by atoms with Gasteiger partial charge in [-0.15, -0.1) is 6.58 Å². The van der Waals surface area contributed by atoms with Gasteiger partial charge in [-0.1, -0.05) is 6.08 Å². The molecule has 22 heavy (non-hydrogen) atoms. The van der Waals surface area contributed by atoms with Gasteiger partial charge in [0.1, 0.15) is 5.82 Å². The third-order valence-corrected chi connectivity index (χ3v) is 4.62. The number of rotatable bonds is 6. The quantitative estimate of drug-likeness (QED) is 0.786. The molecular weight excluding hydrogens is 279 g/mol. The van der Waals surface area contributed by atoms with Crippen molar-refractivity contribution in [1.29, 1.82) is 0 Å². The molecule has 1 heterocycles. The third kappa shape index (κ3) is 2.91. The summed E-state index contributed by atoms with van der Waals surface area (Å²) in [5, 5.41) is 4.01. The van der Waals surface area contributed by atoms with Crippen LogP contribution in [0.4, 0.5) is 4.39 Å². The van der Waals surface area contributed by atoms with E-state index in [0.29, 0.717) is 13.0 Å². The fraction of sp³-hybridized carbons (Fsp3) is 0.389. The Kier molecular flexibility index (Phi) is 3.77. The second kappa shape index (κ2) is 5.59. The van der Waals surface area contributed by atoms with Crippen LogP contribution < -0.4 is 5.32 Å². The Morgan fingerprint density at radius 1 is 1.50 bits per heavy atom. The molecule has 1 fully saturated rings. The molecule has 4 heteroatoms. The number of aromatic nitrogens is 1. The van der Waals surface area contributed by atoms with E-state index in [1.54, 1.807) is 6.07 Å². The van der Waals surface area contributed by atoms with Crippen molar-refractivity contribution in [3.8, 4) is 0 Å². The van der Waals surface area contributed by atoms with E-state index in [-0.39, 0.29) is 17.1 Å². The van der Waals surface area contributed by atoms with Gasteiger partial charge in [0, 0.05) is 29.6 Å². The van der Waals surface area contributed by atoms with Crippen LogP contribution in [0.1, 0.15) is 30.5 Å². The molecule has 0 atom stereocenters. The molecule has 1 aliphatic rings. The third-order valence-electron chi connectivity index (χ3n) is 4.62. The highest BCUT2D eigenvalue weighted by atomic mass is 19.1. The van der Waals surface area contributed by atoms with Crippen LogP contribution in [-0.2, 0) is 11.2 Å². The van der Waals surface area contributed by atoms with Crippen LogP contribution in [0.2, 0.25) is 0 Å². The van der Waals surface area contributed by atoms with Crippen molar-refractivity contribution in [2.75, 3.05) is 6.54 Å². The van der Waals surface area contributed by atoms with Crippen molar-refractivity contribution >= 4 is 16.8 Å². The highest BCUT2D eigenvalue weighted by Gasteiger charge is 2.41. The Morgan fingerprint density at radius 3 is 2.95 bits per heavy atom. The van der Waals surface area contributed by atoms with Gasteiger partial charge < -0.3 is 10.3 Å². The van der Waals surface area contributed by atoms with Gasteiger partial charge in [-0.25, -0.2) is 4.39 Å². The van der Waals surface area contributed by atoms with Gasteiger partial charge in [0.2, 0.25) is 5.91 Å². The smallest absolute Gasteiger partial charge is 0.220 e. The van der Waals surface area contributed by atoms with E-state index in [1.165, 1.54) is 12.1 Å². The predicted molar refractivity (Wildman–Crippen MR) is 86.2 cm³/mol. The lowest BCUT2D eigenvalue weighted by Crippen LogP contribution is -2.27. The number of carbonyl (C=O) groups is 1. The van der Waals surface area contributed by atoms with Crippen molar-refractivity contribution < 1.29 is 9.18 Å². The number of nitrogens with one attached hydrogen (secondary N) is 2. The van der Waals surface area contributed by atoms with Crippen LogP contribution in [0.15, 0.2) is 30.9 Å². The number of H-pyrrole nitrogens is 1. The second-order valence-corrected chi connectivity index (χ2v) is 6.26. The highest BCUT2D eigenvalue weighted by Crippen LogP contribution is 2.49. The van der Waals surface area contributed by atoms with E-state index < -0.39 is 0 Å². The Labute approximate surface area is 129 Å². The number of allylic oxidation sites excluding steroid dienone is 1. The van der Waals surface area contributed by atoms with Crippen LogP contribution >= 0.6 is 0 Å². The summed E-state index contributed by atoms with van der Waals surface area (Å²) in [5.74, 6) is -0.159. The lowest BCUT2D eigenvalue weighted by Gasteiger charge is -2.10. The Hall–Kier alpha value is -2.10. The van der Waals surface area contributed by atoms with E-state index in [9.17, 15) is 9.18 Å². The van der Waals surface area contributed by atoms with E-state index in [2.05, 4.69) is 16.9 Å². The molecule has 0 radical (unpaired) electrons. The number of halogens is 1. The first-order chi connectivity index (χ1) is 10.5. The molecule has 0 aliphatic heterocycles. The molecule has 1 saturated carbocycles. The lowest BCUT2D eigenvalue weighted by molar-refractivity contribution is -0.121. The van der Waals surface area contributed by atoms with E-state index in [1.807, 2.05) is 13.0 Å². The summed E-state index contributed by atoms with van der Waals surface area (Å²) in [7, 11) is 0. The van der Waals surface area contributed by atoms with Gasteiger partial charge in [-0.3, -0.25) is 4.79 Å². The number of hydrogen-bond acceptors (Lipinski definition) is 1. The van der Waals surface area contributed by atoms with Crippen LogP contribution in [0.25, 0.3) is 10.9 Å². The van der Waals surface area contributed by atoms with Gasteiger partial charge in [0.05, 0.1) is 0 Å². The summed E-state index contributed by atoms with van der Waals surface area (Å²) in [6.07, 6.45) is 5.32. The maximum absolute atomic E-state index is 13.2. The summed E-state index contributed by atoms with van der Waals surface area (Å²) >= 11 is 0. The molecule has 0 saturated heterocycles. The zero-order chi connectivity index (χ0) is 15.7. The first-order valence-electron chi connectivity index (χ1n) is 7.70. The minimum Gasteiger partial charge on any atom is -0.358 e. The number of benzene rings is 1. The van der Waals surface area contributed by atoms with Crippen molar-refractivity contribution in [2.24, 2.45) is 5.41 Å². The molecule has 116 valence electrons. The number of hydrogen-bond donors (Lipinski definition) is 2. The second-order valence-electron chi connectivity index (χ2n) is 6.26. The Morgan fingerprint density at radius 2 is 2.27 bits per heavy atom. The summed E-state index contributed by atoms with van der Waals surface area (Å²) < 4.78 is 13.2. The Bertz CT molecular complexity index is 728. The maximum Gasteiger partial charge on any atom is 0.220 e. The molecule has 0 unspecified atom stereocenters. The summed E-state index contributed by atoms with van der Waals surface area (Å²) in [6.45, 7) is 6.38. The van der Waals surface area contributed by atoms with Gasteiger partial charge in [0.15, 0.2) is 0 Å². The largest absolute Gasteiger partial charge is 0.358 e. The number of carbonyl (C=O) groups excluding carboxylic acids is 1. The van der Waals surface area contributed by atoms with E-state index >= 15 is 0 Å². The summed E-state index contributed by atoms with van der Waals surface area (Å²) in [6, 6.07) is 4.77. The zero-order valence-electron chi connectivity index (χ0n) is 12.8. The zero-order valence-corrected chi connectivity index (χ0v) is 12.8. The van der Waals surface area contributed by atoms with Crippen molar-refractivity contribution in [3.63, 3.8) is 0 Å². The van der Waals surface area contributed by atoms with Crippen LogP contribution in [0.3, 0.4) is 0 Å². The molecule has 2 aromatic rings. The van der Waals surface area contributed by atoms with Crippen LogP contribution in [0, 0.1) is 18.2 Å². The topological polar surface area (TPSA) is 44.9 Å². The molecule has 1 aliphatic carbocycles. The minimum absolute atomic E-state index is 0.0539. The first-order valence-corrected chi connectivity index (χ1v) is 7.70. The van der Waals surface area contributed by atoms with Crippen molar-refractivity contribution in [3.05, 3.63) is 47.9 Å². The standard InChI is InChI=1S/C18H21FN2O/c1-3-18(7-8-18)11-17(22)20-9-6-14-12(2)21-16-10-13(19)4-5-15(14)16/h3-5,10,21H,1,6-9,11H2,2H3,(H,20,22). The van der Waals surface area contributed by atoms with Crippen LogP contribution in [0.5, 0.6) is 0 Å². The fourth-order valence-electron chi connectivity index (χ4n) is 3.01. The van der Waals surface area contributed by atoms with Gasteiger partial charge in [-0.05, 0) is 55.4 Å². The highest BCUT2D eigenvalue weighted by molar-refractivity contribution is 5.84. The predicted octanol–water partition coefficient (Wildman–Crippen LogP) is 3.63. The van der Waals surface area contributed by atoms with Gasteiger partial charge >= 0.3 is 0 Å². The van der Waals surface area contributed by atoms with Crippen LogP contribution in [-0.4, -0.2) is 17.4 Å². The number of aromatic amines is 1. The molecule has 2 N–H and O–H groups in total. The fourth-order valence-corrected chi connectivity index (χ4v) is 3.01. The monoisotopic (exact) mass is 300 g/mol. The summed E-state index contributed by atoms with van der Waals surface area (Å²) in [4.78, 5) is 15.2. The molecular formula is C18H21FN2O. The number of aryl methyl sites for hydroxylation is 1. The van der Waals surface area contributed by atoms with Crippen molar-refractivity contribution in [2.45, 2.75) is 32.6 Å². The number of fused-ring (bicyclic) bond motifs is 1. The van der Waals surface area contributed by atoms with Gasteiger partial charge in [-0.2, -0.15) is 0 Å². The molecule has 3 nitrogen and oxygen atoms in total. The SMILES string of the molecule is C=CC1(CC(=O)NCCc2c(C)[nH]c3cc(F)ccc23)CC1. The molecule has 0 bridgehead atoms. The molecule has 1 aromatic heterocycles. The van der Waals surface area contributed by atoms with E-state index in [0.717, 1.165) is 41.4 Å². The molecule has 3 rings (SSSR count). The average molecular weight is 300 g/mol. The lowest BCUT2D eigenvalue weighted by atomic mass is 10.0. The maximum atomic E-state index is 13.2. The summed E-state index contributed by atoms with van der Waals surface area (Å²) in [5.41, 5.74) is 3.03. The Balaban J connectivity index is 1.61. The first kappa shape index (κ1) is 14.8. The van der Waals surface area contributed by atoms with Crippen molar-refractivity contribution in [1.82, 2.24) is 10.3 Å². The van der Waals surface area contributed by atoms with E-state index in [4.69, 9.17) is 0 Å². The average Bonchev–Trinajstić information content (AvgIpc) is 3.18. The molecule has 1 amide bonds. The number of amides is 1. The molecule has 0 spiro atoms.